The second-order valence-corrected chi connectivity index (χ2v) is 8.55. The lowest BCUT2D eigenvalue weighted by atomic mass is 10.1. The maximum atomic E-state index is 12.6. The molecule has 4 rings (SSSR count). The zero-order valence-electron chi connectivity index (χ0n) is 18.7. The van der Waals surface area contributed by atoms with E-state index in [-0.39, 0.29) is 0 Å². The molecule has 0 aliphatic carbocycles. The minimum atomic E-state index is -0.405. The maximum Gasteiger partial charge on any atom is 0.420 e. The summed E-state index contributed by atoms with van der Waals surface area (Å²) in [5.74, 6) is 2.45. The summed E-state index contributed by atoms with van der Waals surface area (Å²) in [7, 11) is 5.03. The molecule has 3 aromatic carbocycles. The summed E-state index contributed by atoms with van der Waals surface area (Å²) in [6, 6.07) is 23.6. The molecule has 1 aromatic heterocycles. The number of nitrogens with zero attached hydrogens (tertiary/aromatic N) is 2. The van der Waals surface area contributed by atoms with Gasteiger partial charge in [-0.15, -0.1) is 0 Å². The molecule has 33 heavy (non-hydrogen) atoms. The number of oxazole rings is 1. The van der Waals surface area contributed by atoms with Gasteiger partial charge in [-0.2, -0.15) is 0 Å². The number of hydrogen-bond acceptors (Lipinski definition) is 5. The van der Waals surface area contributed by atoms with Gasteiger partial charge in [0.05, 0.1) is 14.2 Å². The van der Waals surface area contributed by atoms with Crippen LogP contribution in [0.15, 0.2) is 86.5 Å². The first-order chi connectivity index (χ1) is 16.0. The van der Waals surface area contributed by atoms with Gasteiger partial charge < -0.3 is 18.8 Å². The molecule has 0 bridgehead atoms. The zero-order chi connectivity index (χ0) is 23.4. The van der Waals surface area contributed by atoms with E-state index in [9.17, 15) is 4.79 Å². The van der Waals surface area contributed by atoms with Crippen LogP contribution >= 0.6 is 15.9 Å². The van der Waals surface area contributed by atoms with Gasteiger partial charge in [0, 0.05) is 30.2 Å². The molecule has 0 saturated heterocycles. The Labute approximate surface area is 201 Å². The number of benzene rings is 3. The number of halogens is 1. The summed E-state index contributed by atoms with van der Waals surface area (Å²) in [6.07, 6.45) is 0. The van der Waals surface area contributed by atoms with Crippen molar-refractivity contribution in [2.24, 2.45) is 7.05 Å². The van der Waals surface area contributed by atoms with Crippen molar-refractivity contribution >= 4 is 21.7 Å². The van der Waals surface area contributed by atoms with Gasteiger partial charge in [0.25, 0.3) is 0 Å². The van der Waals surface area contributed by atoms with Crippen LogP contribution in [-0.4, -0.2) is 18.8 Å². The van der Waals surface area contributed by atoms with Crippen LogP contribution in [0.25, 0.3) is 11.3 Å². The number of ether oxygens (including phenoxy) is 2. The monoisotopic (exact) mass is 508 g/mol. The molecule has 7 heteroatoms. The van der Waals surface area contributed by atoms with Crippen molar-refractivity contribution in [3.05, 3.63) is 98.9 Å². The summed E-state index contributed by atoms with van der Waals surface area (Å²) in [5.41, 5.74) is 3.00. The van der Waals surface area contributed by atoms with E-state index in [1.807, 2.05) is 72.8 Å². The van der Waals surface area contributed by atoms with Gasteiger partial charge in [-0.05, 0) is 59.7 Å². The molecule has 4 aromatic rings. The maximum absolute atomic E-state index is 12.6. The first-order valence-electron chi connectivity index (χ1n) is 10.4. The molecular weight excluding hydrogens is 484 g/mol. The number of methoxy groups -OCH3 is 2. The predicted molar refractivity (Wildman–Crippen MR) is 133 cm³/mol. The quantitative estimate of drug-likeness (QED) is 0.308. The SMILES string of the molecule is COc1ccc(CN(Cc2ccc(OC)cc2)c2c(-c3ccc(Br)cc3)oc(=O)n2C)cc1. The fourth-order valence-electron chi connectivity index (χ4n) is 3.69. The van der Waals surface area contributed by atoms with E-state index >= 15 is 0 Å². The van der Waals surface area contributed by atoms with Crippen molar-refractivity contribution in [3.8, 4) is 22.8 Å². The van der Waals surface area contributed by atoms with Gasteiger partial charge in [0.1, 0.15) is 11.5 Å². The van der Waals surface area contributed by atoms with Crippen molar-refractivity contribution in [1.82, 2.24) is 4.57 Å². The van der Waals surface area contributed by atoms with E-state index < -0.39 is 5.76 Å². The Hall–Kier alpha value is -3.45. The Morgan fingerprint density at radius 2 is 1.30 bits per heavy atom. The van der Waals surface area contributed by atoms with Crippen molar-refractivity contribution < 1.29 is 13.9 Å². The van der Waals surface area contributed by atoms with Crippen LogP contribution < -0.4 is 20.1 Å². The number of hydrogen-bond donors (Lipinski definition) is 0. The Kier molecular flexibility index (Phi) is 6.89. The summed E-state index contributed by atoms with van der Waals surface area (Å²) >= 11 is 3.47. The van der Waals surface area contributed by atoms with Gasteiger partial charge in [0.15, 0.2) is 11.6 Å². The topological polar surface area (TPSA) is 56.8 Å². The van der Waals surface area contributed by atoms with Crippen LogP contribution in [0.1, 0.15) is 11.1 Å². The Bertz CT molecular complexity index is 1210. The lowest BCUT2D eigenvalue weighted by molar-refractivity contribution is 0.414. The van der Waals surface area contributed by atoms with Crippen molar-refractivity contribution in [1.29, 1.82) is 0 Å². The largest absolute Gasteiger partial charge is 0.497 e. The molecular formula is C26H25BrN2O4. The Morgan fingerprint density at radius 3 is 1.76 bits per heavy atom. The lowest BCUT2D eigenvalue weighted by Gasteiger charge is -2.26. The highest BCUT2D eigenvalue weighted by Crippen LogP contribution is 2.33. The molecule has 1 heterocycles. The molecule has 0 saturated carbocycles. The molecule has 0 fully saturated rings. The molecule has 0 N–H and O–H groups in total. The molecule has 0 amide bonds. The van der Waals surface area contributed by atoms with Gasteiger partial charge in [-0.25, -0.2) is 4.79 Å². The molecule has 0 atom stereocenters. The Morgan fingerprint density at radius 1 is 0.818 bits per heavy atom. The zero-order valence-corrected chi connectivity index (χ0v) is 20.3. The third kappa shape index (κ3) is 5.14. The van der Waals surface area contributed by atoms with E-state index in [0.29, 0.717) is 24.7 Å². The summed E-state index contributed by atoms with van der Waals surface area (Å²) in [4.78, 5) is 14.7. The standard InChI is InChI=1S/C26H25BrN2O4/c1-28-25(24(33-26(28)30)20-8-10-21(27)11-9-20)29(16-18-4-12-22(31-2)13-5-18)17-19-6-14-23(32-3)15-7-19/h4-15H,16-17H2,1-3H3. The van der Waals surface area contributed by atoms with Crippen LogP contribution in [0.4, 0.5) is 5.82 Å². The highest BCUT2D eigenvalue weighted by molar-refractivity contribution is 9.10. The van der Waals surface area contributed by atoms with E-state index in [1.165, 1.54) is 0 Å². The third-order valence-electron chi connectivity index (χ3n) is 5.45. The molecule has 0 unspecified atom stereocenters. The smallest absolute Gasteiger partial charge is 0.420 e. The molecule has 0 aliphatic rings. The van der Waals surface area contributed by atoms with Crippen LogP contribution in [0.3, 0.4) is 0 Å². The minimum Gasteiger partial charge on any atom is -0.497 e. The van der Waals surface area contributed by atoms with Crippen molar-refractivity contribution in [2.75, 3.05) is 19.1 Å². The van der Waals surface area contributed by atoms with Crippen LogP contribution in [0.2, 0.25) is 0 Å². The third-order valence-corrected chi connectivity index (χ3v) is 5.98. The van der Waals surface area contributed by atoms with Gasteiger partial charge in [-0.1, -0.05) is 40.2 Å². The fraction of sp³-hybridized carbons (Fsp3) is 0.192. The van der Waals surface area contributed by atoms with E-state index in [4.69, 9.17) is 13.9 Å². The number of rotatable bonds is 8. The predicted octanol–water partition coefficient (Wildman–Crippen LogP) is 5.63. The van der Waals surface area contributed by atoms with Gasteiger partial charge in [-0.3, -0.25) is 4.57 Å². The fourth-order valence-corrected chi connectivity index (χ4v) is 3.96. The van der Waals surface area contributed by atoms with Crippen molar-refractivity contribution in [2.45, 2.75) is 13.1 Å². The van der Waals surface area contributed by atoms with Gasteiger partial charge >= 0.3 is 5.76 Å². The minimum absolute atomic E-state index is 0.405. The van der Waals surface area contributed by atoms with E-state index in [2.05, 4.69) is 20.8 Å². The van der Waals surface area contributed by atoms with Crippen LogP contribution in [0.5, 0.6) is 11.5 Å². The summed E-state index contributed by atoms with van der Waals surface area (Å²) < 4.78 is 18.8. The molecule has 0 radical (unpaired) electrons. The van der Waals surface area contributed by atoms with E-state index in [1.54, 1.807) is 25.8 Å². The first kappa shape index (κ1) is 22.7. The van der Waals surface area contributed by atoms with Crippen LogP contribution in [0, 0.1) is 0 Å². The average molecular weight is 509 g/mol. The highest BCUT2D eigenvalue weighted by atomic mass is 79.9. The highest BCUT2D eigenvalue weighted by Gasteiger charge is 2.23. The summed E-state index contributed by atoms with van der Waals surface area (Å²) in [6.45, 7) is 1.15. The molecule has 0 aliphatic heterocycles. The Balaban J connectivity index is 1.77. The lowest BCUT2D eigenvalue weighted by Crippen LogP contribution is -2.26. The van der Waals surface area contributed by atoms with Crippen LogP contribution in [-0.2, 0) is 20.1 Å². The molecule has 0 spiro atoms. The number of anilines is 1. The summed E-state index contributed by atoms with van der Waals surface area (Å²) in [5, 5.41) is 0. The first-order valence-corrected chi connectivity index (χ1v) is 11.2. The normalized spacial score (nSPS) is 10.8. The average Bonchev–Trinajstić information content (AvgIpc) is 3.14. The van der Waals surface area contributed by atoms with Crippen molar-refractivity contribution in [3.63, 3.8) is 0 Å². The molecule has 6 nitrogen and oxygen atoms in total. The van der Waals surface area contributed by atoms with Gasteiger partial charge in [0.2, 0.25) is 0 Å². The molecule has 170 valence electrons. The number of aromatic nitrogens is 1. The second-order valence-electron chi connectivity index (χ2n) is 7.64. The van der Waals surface area contributed by atoms with E-state index in [0.717, 1.165) is 32.7 Å². The second kappa shape index (κ2) is 10.0.